The third-order valence-electron chi connectivity index (χ3n) is 2.40. The van der Waals surface area contributed by atoms with Crippen molar-refractivity contribution in [1.29, 1.82) is 0 Å². The predicted molar refractivity (Wildman–Crippen MR) is 59.2 cm³/mol. The van der Waals surface area contributed by atoms with Crippen molar-refractivity contribution < 1.29 is 9.13 Å². The van der Waals surface area contributed by atoms with Crippen LogP contribution in [0.25, 0.3) is 0 Å². The van der Waals surface area contributed by atoms with Gasteiger partial charge in [0.2, 0.25) is 0 Å². The lowest BCUT2D eigenvalue weighted by Crippen LogP contribution is -2.08. The zero-order chi connectivity index (χ0) is 11.3. The largest absolute Gasteiger partial charge is 0.493 e. The molecule has 1 aromatic rings. The zero-order valence-corrected chi connectivity index (χ0v) is 9.29. The molecule has 1 unspecified atom stereocenters. The molecule has 0 aliphatic rings. The maximum Gasteiger partial charge on any atom is 0.127 e. The van der Waals surface area contributed by atoms with E-state index in [0.29, 0.717) is 24.8 Å². The van der Waals surface area contributed by atoms with Crippen LogP contribution in [0, 0.1) is 11.7 Å². The van der Waals surface area contributed by atoms with E-state index in [2.05, 4.69) is 13.8 Å². The van der Waals surface area contributed by atoms with Gasteiger partial charge in [-0.1, -0.05) is 20.3 Å². The van der Waals surface area contributed by atoms with E-state index in [4.69, 9.17) is 10.5 Å². The summed E-state index contributed by atoms with van der Waals surface area (Å²) >= 11 is 0. The van der Waals surface area contributed by atoms with Crippen LogP contribution in [0.15, 0.2) is 18.2 Å². The quantitative estimate of drug-likeness (QED) is 0.812. The van der Waals surface area contributed by atoms with E-state index < -0.39 is 0 Å². The summed E-state index contributed by atoms with van der Waals surface area (Å²) in [5.41, 5.74) is 6.21. The maximum absolute atomic E-state index is 13.1. The first-order chi connectivity index (χ1) is 7.15. The molecule has 0 radical (unpaired) electrons. The van der Waals surface area contributed by atoms with Gasteiger partial charge in [-0.25, -0.2) is 4.39 Å². The smallest absolute Gasteiger partial charge is 0.127 e. The lowest BCUT2D eigenvalue weighted by molar-refractivity contribution is 0.255. The molecular formula is C12H18FNO. The molecule has 1 atom stereocenters. The number of nitrogens with two attached hydrogens (primary N) is 1. The van der Waals surface area contributed by atoms with E-state index in [1.807, 2.05) is 0 Å². The minimum Gasteiger partial charge on any atom is -0.493 e. The lowest BCUT2D eigenvalue weighted by Gasteiger charge is -2.11. The third kappa shape index (κ3) is 3.88. The molecule has 0 saturated carbocycles. The summed E-state index contributed by atoms with van der Waals surface area (Å²) in [4.78, 5) is 0. The van der Waals surface area contributed by atoms with Crippen LogP contribution in [0.5, 0.6) is 5.75 Å². The Kier molecular flexibility index (Phi) is 4.56. The maximum atomic E-state index is 13.1. The van der Waals surface area contributed by atoms with Crippen molar-refractivity contribution in [2.75, 3.05) is 6.61 Å². The second kappa shape index (κ2) is 5.71. The Morgan fingerprint density at radius 3 is 2.73 bits per heavy atom. The van der Waals surface area contributed by atoms with Gasteiger partial charge in [-0.3, -0.25) is 0 Å². The van der Waals surface area contributed by atoms with E-state index >= 15 is 0 Å². The monoisotopic (exact) mass is 211 g/mol. The molecule has 0 amide bonds. The van der Waals surface area contributed by atoms with E-state index in [1.165, 1.54) is 12.1 Å². The average Bonchev–Trinajstić information content (AvgIpc) is 2.25. The summed E-state index contributed by atoms with van der Waals surface area (Å²) in [6.45, 7) is 5.15. The Balaban J connectivity index is 2.64. The summed E-state index contributed by atoms with van der Waals surface area (Å²) < 4.78 is 18.6. The standard InChI is InChI=1S/C12H18FNO/c1-3-9(2)8-15-12-5-10(7-14)4-11(13)6-12/h4-6,9H,3,7-8,14H2,1-2H3. The topological polar surface area (TPSA) is 35.2 Å². The second-order valence-corrected chi connectivity index (χ2v) is 3.82. The number of ether oxygens (including phenoxy) is 1. The molecule has 0 aliphatic carbocycles. The van der Waals surface area contributed by atoms with E-state index in [-0.39, 0.29) is 5.82 Å². The van der Waals surface area contributed by atoms with Crippen molar-refractivity contribution in [1.82, 2.24) is 0 Å². The lowest BCUT2D eigenvalue weighted by atomic mass is 10.1. The molecule has 2 N–H and O–H groups in total. The Bertz CT molecular complexity index is 314. The van der Waals surface area contributed by atoms with Crippen molar-refractivity contribution in [3.05, 3.63) is 29.6 Å². The molecule has 1 aromatic carbocycles. The molecule has 0 aliphatic heterocycles. The van der Waals surface area contributed by atoms with E-state index in [9.17, 15) is 4.39 Å². The number of hydrogen-bond donors (Lipinski definition) is 1. The Hall–Kier alpha value is -1.09. The number of rotatable bonds is 5. The first-order valence-electron chi connectivity index (χ1n) is 5.28. The molecule has 15 heavy (non-hydrogen) atoms. The number of hydrogen-bond acceptors (Lipinski definition) is 2. The fraction of sp³-hybridized carbons (Fsp3) is 0.500. The molecule has 3 heteroatoms. The van der Waals surface area contributed by atoms with Gasteiger partial charge < -0.3 is 10.5 Å². The van der Waals surface area contributed by atoms with Crippen molar-refractivity contribution in [2.45, 2.75) is 26.8 Å². The normalized spacial score (nSPS) is 12.5. The minimum absolute atomic E-state index is 0.294. The summed E-state index contributed by atoms with van der Waals surface area (Å²) in [6.07, 6.45) is 1.05. The predicted octanol–water partition coefficient (Wildman–Crippen LogP) is 2.71. The SMILES string of the molecule is CCC(C)COc1cc(F)cc(CN)c1. The Morgan fingerprint density at radius 1 is 1.40 bits per heavy atom. The van der Waals surface area contributed by atoms with Gasteiger partial charge in [0.05, 0.1) is 6.61 Å². The van der Waals surface area contributed by atoms with Crippen molar-refractivity contribution in [3.8, 4) is 5.75 Å². The summed E-state index contributed by atoms with van der Waals surface area (Å²) in [5.74, 6) is 0.752. The van der Waals surface area contributed by atoms with Gasteiger partial charge in [0, 0.05) is 12.6 Å². The highest BCUT2D eigenvalue weighted by Crippen LogP contribution is 2.17. The zero-order valence-electron chi connectivity index (χ0n) is 9.29. The van der Waals surface area contributed by atoms with Gasteiger partial charge in [0.25, 0.3) is 0 Å². The van der Waals surface area contributed by atoms with Gasteiger partial charge in [0.15, 0.2) is 0 Å². The van der Waals surface area contributed by atoms with Crippen LogP contribution in [0.4, 0.5) is 4.39 Å². The summed E-state index contributed by atoms with van der Waals surface area (Å²) in [7, 11) is 0. The van der Waals surface area contributed by atoms with Crippen LogP contribution in [0.1, 0.15) is 25.8 Å². The fourth-order valence-corrected chi connectivity index (χ4v) is 1.18. The van der Waals surface area contributed by atoms with Crippen LogP contribution in [0.3, 0.4) is 0 Å². The Labute approximate surface area is 90.2 Å². The van der Waals surface area contributed by atoms with Gasteiger partial charge in [-0.2, -0.15) is 0 Å². The second-order valence-electron chi connectivity index (χ2n) is 3.82. The number of halogens is 1. The summed E-state index contributed by atoms with van der Waals surface area (Å²) in [5, 5.41) is 0. The molecule has 0 bridgehead atoms. The highest BCUT2D eigenvalue weighted by Gasteiger charge is 2.03. The highest BCUT2D eigenvalue weighted by atomic mass is 19.1. The van der Waals surface area contributed by atoms with Crippen LogP contribution >= 0.6 is 0 Å². The molecule has 0 heterocycles. The molecule has 84 valence electrons. The molecule has 0 saturated heterocycles. The Morgan fingerprint density at radius 2 is 2.13 bits per heavy atom. The van der Waals surface area contributed by atoms with Gasteiger partial charge in [-0.15, -0.1) is 0 Å². The van der Waals surface area contributed by atoms with Gasteiger partial charge >= 0.3 is 0 Å². The van der Waals surface area contributed by atoms with Crippen LogP contribution in [0.2, 0.25) is 0 Å². The molecule has 0 aromatic heterocycles. The van der Waals surface area contributed by atoms with Crippen LogP contribution < -0.4 is 10.5 Å². The van der Waals surface area contributed by atoms with Crippen molar-refractivity contribution >= 4 is 0 Å². The highest BCUT2D eigenvalue weighted by molar-refractivity contribution is 5.29. The van der Waals surface area contributed by atoms with Gasteiger partial charge in [0.1, 0.15) is 11.6 Å². The van der Waals surface area contributed by atoms with Crippen molar-refractivity contribution in [2.24, 2.45) is 11.7 Å². The first-order valence-corrected chi connectivity index (χ1v) is 5.28. The molecule has 0 fully saturated rings. The average molecular weight is 211 g/mol. The van der Waals surface area contributed by atoms with Crippen LogP contribution in [-0.2, 0) is 6.54 Å². The molecule has 2 nitrogen and oxygen atoms in total. The van der Waals surface area contributed by atoms with Crippen LogP contribution in [-0.4, -0.2) is 6.61 Å². The molecule has 0 spiro atoms. The van der Waals surface area contributed by atoms with Gasteiger partial charge in [-0.05, 0) is 23.6 Å². The fourth-order valence-electron chi connectivity index (χ4n) is 1.18. The van der Waals surface area contributed by atoms with Crippen molar-refractivity contribution in [3.63, 3.8) is 0 Å². The third-order valence-corrected chi connectivity index (χ3v) is 2.40. The molecule has 1 rings (SSSR count). The first kappa shape index (κ1) is 12.0. The minimum atomic E-state index is -0.294. The summed E-state index contributed by atoms with van der Waals surface area (Å²) in [6, 6.07) is 4.60. The van der Waals surface area contributed by atoms with E-state index in [1.54, 1.807) is 6.07 Å². The van der Waals surface area contributed by atoms with E-state index in [0.717, 1.165) is 12.0 Å². The molecular weight excluding hydrogens is 193 g/mol. The number of benzene rings is 1.